The molecule has 0 spiro atoms. The van der Waals surface area contributed by atoms with E-state index >= 15 is 0 Å². The van der Waals surface area contributed by atoms with E-state index in [1.165, 1.54) is 0 Å². The number of aromatic hydroxyl groups is 1. The van der Waals surface area contributed by atoms with Crippen LogP contribution in [0.25, 0.3) is 10.9 Å². The highest BCUT2D eigenvalue weighted by atomic mass is 32.2. The Hall–Kier alpha value is -4.36. The Morgan fingerprint density at radius 2 is 1.67 bits per heavy atom. The summed E-state index contributed by atoms with van der Waals surface area (Å²) < 4.78 is 11.1. The molecular formula is C32H29N3O3S. The van der Waals surface area contributed by atoms with E-state index in [-0.39, 0.29) is 16.9 Å². The lowest BCUT2D eigenvalue weighted by Crippen LogP contribution is -2.28. The number of methoxy groups -OCH3 is 2. The fourth-order valence-corrected chi connectivity index (χ4v) is 6.49. The quantitative estimate of drug-likeness (QED) is 0.200. The Balaban J connectivity index is 1.53. The number of hydrogen-bond donors (Lipinski definition) is 3. The molecule has 1 aromatic heterocycles. The van der Waals surface area contributed by atoms with E-state index in [0.29, 0.717) is 12.3 Å². The molecule has 0 fully saturated rings. The number of para-hydroxylation sites is 4. The normalized spacial score (nSPS) is 16.7. The van der Waals surface area contributed by atoms with Crippen LogP contribution in [0.4, 0.5) is 11.4 Å². The molecule has 2 atom stereocenters. The first kappa shape index (κ1) is 24.9. The zero-order chi connectivity index (χ0) is 26.8. The number of aromatic amines is 1. The summed E-state index contributed by atoms with van der Waals surface area (Å²) in [6.07, 6.45) is 2.06. The molecule has 2 heterocycles. The van der Waals surface area contributed by atoms with Crippen molar-refractivity contribution in [2.24, 2.45) is 10.9 Å². The number of nitrogens with one attached hydrogen (secondary N) is 2. The van der Waals surface area contributed by atoms with Crippen molar-refractivity contribution >= 4 is 39.8 Å². The second kappa shape index (κ2) is 10.8. The van der Waals surface area contributed by atoms with Gasteiger partial charge in [0.15, 0.2) is 11.5 Å². The van der Waals surface area contributed by atoms with Gasteiger partial charge in [-0.25, -0.2) is 0 Å². The van der Waals surface area contributed by atoms with Crippen LogP contribution in [0.2, 0.25) is 0 Å². The summed E-state index contributed by atoms with van der Waals surface area (Å²) in [5, 5.41) is 15.1. The Bertz CT molecular complexity index is 1660. The largest absolute Gasteiger partial charge is 0.504 e. The molecule has 0 saturated heterocycles. The minimum atomic E-state index is -0.0548. The Morgan fingerprint density at radius 3 is 2.54 bits per heavy atom. The fourth-order valence-electron chi connectivity index (χ4n) is 5.15. The number of rotatable bonds is 7. The highest BCUT2D eigenvalue weighted by Crippen LogP contribution is 2.50. The van der Waals surface area contributed by atoms with Gasteiger partial charge in [0.25, 0.3) is 0 Å². The Morgan fingerprint density at radius 1 is 0.897 bits per heavy atom. The fraction of sp³-hybridized carbons (Fsp3) is 0.156. The van der Waals surface area contributed by atoms with Crippen LogP contribution in [-0.4, -0.2) is 36.6 Å². The minimum absolute atomic E-state index is 0.0298. The Kier molecular flexibility index (Phi) is 6.90. The zero-order valence-electron chi connectivity index (χ0n) is 21.7. The second-order valence-electron chi connectivity index (χ2n) is 9.37. The molecule has 4 aromatic carbocycles. The molecule has 5 aromatic rings. The zero-order valence-corrected chi connectivity index (χ0v) is 22.5. The third kappa shape index (κ3) is 4.81. The summed E-state index contributed by atoms with van der Waals surface area (Å²) in [5.41, 5.74) is 6.05. The predicted octanol–water partition coefficient (Wildman–Crippen LogP) is 7.59. The first-order valence-corrected chi connectivity index (χ1v) is 13.7. The van der Waals surface area contributed by atoms with Crippen molar-refractivity contribution in [2.45, 2.75) is 10.1 Å². The van der Waals surface area contributed by atoms with E-state index in [4.69, 9.17) is 14.5 Å². The van der Waals surface area contributed by atoms with Crippen LogP contribution in [0.1, 0.15) is 16.4 Å². The van der Waals surface area contributed by atoms with Crippen LogP contribution < -0.4 is 14.8 Å². The second-order valence-corrected chi connectivity index (χ2v) is 10.6. The van der Waals surface area contributed by atoms with Gasteiger partial charge < -0.3 is 24.9 Å². The lowest BCUT2D eigenvalue weighted by Gasteiger charge is -2.28. The van der Waals surface area contributed by atoms with E-state index in [1.807, 2.05) is 48.5 Å². The number of ether oxygens (including phenoxy) is 2. The molecule has 196 valence electrons. The molecule has 1 aliphatic heterocycles. The summed E-state index contributed by atoms with van der Waals surface area (Å²) in [7, 11) is 3.26. The molecular weight excluding hydrogens is 506 g/mol. The van der Waals surface area contributed by atoms with E-state index in [1.54, 1.807) is 32.0 Å². The summed E-state index contributed by atoms with van der Waals surface area (Å²) in [5.74, 6) is 1.30. The first-order valence-electron chi connectivity index (χ1n) is 12.8. The maximum atomic E-state index is 10.4. The van der Waals surface area contributed by atoms with E-state index in [2.05, 4.69) is 52.9 Å². The van der Waals surface area contributed by atoms with Crippen LogP contribution >= 0.6 is 11.8 Å². The molecule has 7 heteroatoms. The number of phenolic OH excluding ortho intramolecular Hbond substituents is 1. The molecule has 39 heavy (non-hydrogen) atoms. The number of fused-ring (bicyclic) bond motifs is 2. The van der Waals surface area contributed by atoms with Gasteiger partial charge in [-0.15, -0.1) is 11.8 Å². The SMILES string of the molecule is COc1cc(C2Sc3ccccc3N=C(c3c[nH]c4ccccc34)C2CNc2ccccc2OC)ccc1O. The van der Waals surface area contributed by atoms with Crippen LogP contribution in [0.3, 0.4) is 0 Å². The van der Waals surface area contributed by atoms with Gasteiger partial charge in [0.05, 0.1) is 31.3 Å². The first-order chi connectivity index (χ1) is 19.2. The lowest BCUT2D eigenvalue weighted by molar-refractivity contribution is 0.372. The molecule has 6 rings (SSSR count). The van der Waals surface area contributed by atoms with Crippen molar-refractivity contribution in [3.8, 4) is 17.2 Å². The van der Waals surface area contributed by atoms with Crippen LogP contribution in [-0.2, 0) is 0 Å². The summed E-state index contributed by atoms with van der Waals surface area (Å²) >= 11 is 1.78. The molecule has 0 radical (unpaired) electrons. The van der Waals surface area contributed by atoms with E-state index < -0.39 is 0 Å². The number of benzene rings is 4. The predicted molar refractivity (Wildman–Crippen MR) is 159 cm³/mol. The number of anilines is 1. The number of thioether (sulfide) groups is 1. The van der Waals surface area contributed by atoms with Crippen molar-refractivity contribution in [3.05, 3.63) is 108 Å². The van der Waals surface area contributed by atoms with Gasteiger partial charge in [0, 0.05) is 45.3 Å². The van der Waals surface area contributed by atoms with Gasteiger partial charge >= 0.3 is 0 Å². The third-order valence-electron chi connectivity index (χ3n) is 7.09. The highest BCUT2D eigenvalue weighted by Gasteiger charge is 2.34. The summed E-state index contributed by atoms with van der Waals surface area (Å²) in [6.45, 7) is 0.605. The maximum Gasteiger partial charge on any atom is 0.160 e. The minimum Gasteiger partial charge on any atom is -0.504 e. The van der Waals surface area contributed by atoms with Crippen molar-refractivity contribution in [1.29, 1.82) is 0 Å². The van der Waals surface area contributed by atoms with Crippen molar-refractivity contribution in [1.82, 2.24) is 4.98 Å². The lowest BCUT2D eigenvalue weighted by atomic mass is 9.89. The van der Waals surface area contributed by atoms with Gasteiger partial charge in [-0.05, 0) is 48.0 Å². The smallest absolute Gasteiger partial charge is 0.160 e. The van der Waals surface area contributed by atoms with E-state index in [0.717, 1.165) is 49.8 Å². The number of nitrogens with zero attached hydrogens (tertiary/aromatic N) is 1. The van der Waals surface area contributed by atoms with Crippen LogP contribution in [0.5, 0.6) is 17.2 Å². The standard InChI is InChI=1S/C32H29N3O3S/c1-37-28-13-7-5-11-25(28)34-19-23-31(22-18-33-24-10-4-3-9-21(22)24)35-26-12-6-8-14-30(26)39-32(23)20-15-16-27(36)29(17-20)38-2/h3-18,23,32-34,36H,19H2,1-2H3. The molecule has 2 unspecified atom stereocenters. The molecule has 0 bridgehead atoms. The monoisotopic (exact) mass is 535 g/mol. The average Bonchev–Trinajstić information content (AvgIpc) is 3.33. The van der Waals surface area contributed by atoms with Gasteiger partial charge in [0.2, 0.25) is 0 Å². The topological polar surface area (TPSA) is 78.9 Å². The van der Waals surface area contributed by atoms with Crippen molar-refractivity contribution in [2.75, 3.05) is 26.1 Å². The summed E-state index contributed by atoms with van der Waals surface area (Å²) in [4.78, 5) is 9.87. The maximum absolute atomic E-state index is 10.4. The number of aliphatic imine (C=N–C) groups is 1. The molecule has 0 aliphatic carbocycles. The Labute approximate surface area is 231 Å². The molecule has 0 saturated carbocycles. The van der Waals surface area contributed by atoms with Gasteiger partial charge in [-0.1, -0.05) is 48.5 Å². The van der Waals surface area contributed by atoms with Gasteiger partial charge in [-0.3, -0.25) is 4.99 Å². The number of hydrogen-bond acceptors (Lipinski definition) is 6. The average molecular weight is 536 g/mol. The van der Waals surface area contributed by atoms with Crippen LogP contribution in [0, 0.1) is 5.92 Å². The van der Waals surface area contributed by atoms with Crippen molar-refractivity contribution < 1.29 is 14.6 Å². The summed E-state index contributed by atoms with van der Waals surface area (Å²) in [6, 6.07) is 30.2. The van der Waals surface area contributed by atoms with E-state index in [9.17, 15) is 5.11 Å². The number of phenols is 1. The van der Waals surface area contributed by atoms with Crippen LogP contribution in [0.15, 0.2) is 107 Å². The highest BCUT2D eigenvalue weighted by molar-refractivity contribution is 7.99. The molecule has 0 amide bonds. The molecule has 3 N–H and O–H groups in total. The van der Waals surface area contributed by atoms with Crippen molar-refractivity contribution in [3.63, 3.8) is 0 Å². The van der Waals surface area contributed by atoms with Gasteiger partial charge in [-0.2, -0.15) is 0 Å². The molecule has 1 aliphatic rings. The number of aromatic nitrogens is 1. The number of H-pyrrole nitrogens is 1. The van der Waals surface area contributed by atoms with Gasteiger partial charge in [0.1, 0.15) is 5.75 Å². The third-order valence-corrected chi connectivity index (χ3v) is 8.55. The molecule has 6 nitrogen and oxygen atoms in total.